The number of hydrogen-bond donors (Lipinski definition) is 2. The Balaban J connectivity index is 1.79. The van der Waals surface area contributed by atoms with Crippen molar-refractivity contribution >= 4 is 28.2 Å². The van der Waals surface area contributed by atoms with Crippen molar-refractivity contribution in [2.24, 2.45) is 0 Å². The van der Waals surface area contributed by atoms with E-state index >= 15 is 0 Å². The number of pyridine rings is 1. The smallest absolute Gasteiger partial charge is 0.143 e. The van der Waals surface area contributed by atoms with Crippen LogP contribution in [-0.2, 0) is 0 Å². The van der Waals surface area contributed by atoms with Gasteiger partial charge in [0.05, 0.1) is 11.0 Å². The van der Waals surface area contributed by atoms with Crippen LogP contribution in [0.1, 0.15) is 5.82 Å². The van der Waals surface area contributed by atoms with Crippen molar-refractivity contribution < 1.29 is 4.39 Å². The minimum absolute atomic E-state index is 0.285. The Morgan fingerprint density at radius 2 is 1.76 bits per heavy atom. The SMILES string of the molecule is Cc1nc2ccccc2n1-c1cc(N)cc(Nc2ccc(F)cc2)n1. The highest BCUT2D eigenvalue weighted by Crippen LogP contribution is 2.24. The van der Waals surface area contributed by atoms with E-state index in [2.05, 4.69) is 15.3 Å². The zero-order chi connectivity index (χ0) is 17.4. The van der Waals surface area contributed by atoms with Gasteiger partial charge in [-0.3, -0.25) is 4.57 Å². The van der Waals surface area contributed by atoms with Gasteiger partial charge in [0.1, 0.15) is 23.3 Å². The van der Waals surface area contributed by atoms with Crippen molar-refractivity contribution in [1.29, 1.82) is 0 Å². The summed E-state index contributed by atoms with van der Waals surface area (Å²) in [7, 11) is 0. The molecule has 0 aliphatic carbocycles. The van der Waals surface area contributed by atoms with Gasteiger partial charge in [0.25, 0.3) is 0 Å². The summed E-state index contributed by atoms with van der Waals surface area (Å²) in [6.07, 6.45) is 0. The highest BCUT2D eigenvalue weighted by atomic mass is 19.1. The van der Waals surface area contributed by atoms with Crippen LogP contribution in [0.4, 0.5) is 21.6 Å². The number of aryl methyl sites for hydroxylation is 1. The fraction of sp³-hybridized carbons (Fsp3) is 0.0526. The largest absolute Gasteiger partial charge is 0.399 e. The van der Waals surface area contributed by atoms with Gasteiger partial charge in [0, 0.05) is 23.5 Å². The third-order valence-corrected chi connectivity index (χ3v) is 3.91. The lowest BCUT2D eigenvalue weighted by Crippen LogP contribution is -2.04. The van der Waals surface area contributed by atoms with Crippen LogP contribution in [0.25, 0.3) is 16.9 Å². The van der Waals surface area contributed by atoms with Gasteiger partial charge >= 0.3 is 0 Å². The molecule has 0 amide bonds. The summed E-state index contributed by atoms with van der Waals surface area (Å²) in [4.78, 5) is 9.21. The third-order valence-electron chi connectivity index (χ3n) is 3.91. The van der Waals surface area contributed by atoms with E-state index in [0.717, 1.165) is 22.5 Å². The van der Waals surface area contributed by atoms with E-state index in [-0.39, 0.29) is 5.82 Å². The number of aromatic nitrogens is 3. The average molecular weight is 333 g/mol. The van der Waals surface area contributed by atoms with Crippen LogP contribution in [-0.4, -0.2) is 14.5 Å². The molecule has 124 valence electrons. The molecule has 0 unspecified atom stereocenters. The van der Waals surface area contributed by atoms with E-state index in [1.54, 1.807) is 24.3 Å². The minimum atomic E-state index is -0.285. The highest BCUT2D eigenvalue weighted by Gasteiger charge is 2.11. The van der Waals surface area contributed by atoms with E-state index < -0.39 is 0 Å². The molecule has 0 bridgehead atoms. The van der Waals surface area contributed by atoms with Crippen LogP contribution in [0.15, 0.2) is 60.7 Å². The number of hydrogen-bond acceptors (Lipinski definition) is 4. The number of rotatable bonds is 3. The molecule has 0 aliphatic heterocycles. The number of para-hydroxylation sites is 2. The Labute approximate surface area is 144 Å². The van der Waals surface area contributed by atoms with Crippen LogP contribution in [0.5, 0.6) is 0 Å². The van der Waals surface area contributed by atoms with Gasteiger partial charge < -0.3 is 11.1 Å². The molecule has 4 aromatic rings. The van der Waals surface area contributed by atoms with Crippen LogP contribution >= 0.6 is 0 Å². The molecule has 2 heterocycles. The summed E-state index contributed by atoms with van der Waals surface area (Å²) >= 11 is 0. The molecular formula is C19H16FN5. The van der Waals surface area contributed by atoms with Crippen molar-refractivity contribution in [3.63, 3.8) is 0 Å². The summed E-state index contributed by atoms with van der Waals surface area (Å²) in [6, 6.07) is 17.5. The maximum atomic E-state index is 13.1. The van der Waals surface area contributed by atoms with E-state index in [1.807, 2.05) is 35.8 Å². The first-order valence-corrected chi connectivity index (χ1v) is 7.85. The lowest BCUT2D eigenvalue weighted by Gasteiger charge is -2.11. The molecule has 2 aromatic carbocycles. The summed E-state index contributed by atoms with van der Waals surface area (Å²) in [6.45, 7) is 1.93. The van der Waals surface area contributed by atoms with Crippen molar-refractivity contribution in [2.75, 3.05) is 11.1 Å². The minimum Gasteiger partial charge on any atom is -0.399 e. The quantitative estimate of drug-likeness (QED) is 0.590. The Morgan fingerprint density at radius 1 is 1.00 bits per heavy atom. The molecule has 0 saturated carbocycles. The van der Waals surface area contributed by atoms with Gasteiger partial charge in [-0.05, 0) is 43.3 Å². The van der Waals surface area contributed by atoms with Crippen molar-refractivity contribution in [2.45, 2.75) is 6.92 Å². The molecule has 5 nitrogen and oxygen atoms in total. The molecule has 0 spiro atoms. The predicted octanol–water partition coefficient (Wildman–Crippen LogP) is 4.19. The zero-order valence-corrected chi connectivity index (χ0v) is 13.6. The van der Waals surface area contributed by atoms with E-state index in [0.29, 0.717) is 17.3 Å². The van der Waals surface area contributed by atoms with Crippen LogP contribution in [0.3, 0.4) is 0 Å². The Morgan fingerprint density at radius 3 is 2.56 bits per heavy atom. The lowest BCUT2D eigenvalue weighted by atomic mass is 10.3. The number of nitrogens with two attached hydrogens (primary N) is 1. The van der Waals surface area contributed by atoms with E-state index in [9.17, 15) is 4.39 Å². The molecule has 6 heteroatoms. The molecular weight excluding hydrogens is 317 g/mol. The number of halogens is 1. The normalized spacial score (nSPS) is 11.0. The van der Waals surface area contributed by atoms with E-state index in [1.165, 1.54) is 12.1 Å². The average Bonchev–Trinajstić information content (AvgIpc) is 2.92. The number of anilines is 3. The van der Waals surface area contributed by atoms with E-state index in [4.69, 9.17) is 5.73 Å². The van der Waals surface area contributed by atoms with Gasteiger partial charge in [0.2, 0.25) is 0 Å². The molecule has 0 atom stereocenters. The number of nitrogens with one attached hydrogen (secondary N) is 1. The van der Waals surface area contributed by atoms with Crippen LogP contribution < -0.4 is 11.1 Å². The highest BCUT2D eigenvalue weighted by molar-refractivity contribution is 5.78. The number of imidazole rings is 1. The second kappa shape index (κ2) is 5.90. The number of benzene rings is 2. The summed E-state index contributed by atoms with van der Waals surface area (Å²) in [5.74, 6) is 1.80. The topological polar surface area (TPSA) is 68.8 Å². The van der Waals surface area contributed by atoms with Gasteiger partial charge in [-0.2, -0.15) is 0 Å². The van der Waals surface area contributed by atoms with Crippen LogP contribution in [0, 0.1) is 12.7 Å². The molecule has 0 radical (unpaired) electrons. The molecule has 3 N–H and O–H groups in total. The maximum absolute atomic E-state index is 13.1. The molecule has 0 aliphatic rings. The number of fused-ring (bicyclic) bond motifs is 1. The summed E-state index contributed by atoms with van der Waals surface area (Å²) in [5.41, 5.74) is 9.24. The second-order valence-electron chi connectivity index (χ2n) is 5.76. The fourth-order valence-corrected chi connectivity index (χ4v) is 2.83. The standard InChI is InChI=1S/C19H16FN5/c1-12-22-16-4-2-3-5-17(16)25(12)19-11-14(21)10-18(24-19)23-15-8-6-13(20)7-9-15/h2-11H,1H3,(H3,21,23,24). The van der Waals surface area contributed by atoms with Gasteiger partial charge in [-0.1, -0.05) is 12.1 Å². The fourth-order valence-electron chi connectivity index (χ4n) is 2.83. The first kappa shape index (κ1) is 15.1. The van der Waals surface area contributed by atoms with Crippen molar-refractivity contribution in [3.05, 3.63) is 72.3 Å². The van der Waals surface area contributed by atoms with Gasteiger partial charge in [0.15, 0.2) is 0 Å². The molecule has 0 fully saturated rings. The van der Waals surface area contributed by atoms with Gasteiger partial charge in [-0.15, -0.1) is 0 Å². The third kappa shape index (κ3) is 2.89. The Bertz CT molecular complexity index is 1050. The predicted molar refractivity (Wildman–Crippen MR) is 97.7 cm³/mol. The molecule has 4 rings (SSSR count). The number of nitrogens with zero attached hydrogens (tertiary/aromatic N) is 3. The molecule has 25 heavy (non-hydrogen) atoms. The molecule has 2 aromatic heterocycles. The Hall–Kier alpha value is -3.41. The maximum Gasteiger partial charge on any atom is 0.143 e. The van der Waals surface area contributed by atoms with Gasteiger partial charge in [-0.25, -0.2) is 14.4 Å². The van der Waals surface area contributed by atoms with Crippen molar-refractivity contribution in [1.82, 2.24) is 14.5 Å². The Kier molecular flexibility index (Phi) is 3.57. The lowest BCUT2D eigenvalue weighted by molar-refractivity contribution is 0.628. The summed E-state index contributed by atoms with van der Waals surface area (Å²) < 4.78 is 15.0. The van der Waals surface area contributed by atoms with Crippen molar-refractivity contribution in [3.8, 4) is 5.82 Å². The first-order chi connectivity index (χ1) is 12.1. The number of nitrogen functional groups attached to an aromatic ring is 1. The first-order valence-electron chi connectivity index (χ1n) is 7.85. The monoisotopic (exact) mass is 333 g/mol. The van der Waals surface area contributed by atoms with Crippen LogP contribution in [0.2, 0.25) is 0 Å². The second-order valence-corrected chi connectivity index (χ2v) is 5.76. The zero-order valence-electron chi connectivity index (χ0n) is 13.6. The summed E-state index contributed by atoms with van der Waals surface area (Å²) in [5, 5.41) is 3.15. The molecule has 0 saturated heterocycles.